The van der Waals surface area contributed by atoms with Gasteiger partial charge >= 0.3 is 11.8 Å². The highest BCUT2D eigenvalue weighted by Gasteiger charge is 2.29. The summed E-state index contributed by atoms with van der Waals surface area (Å²) in [5, 5.41) is 6.75. The summed E-state index contributed by atoms with van der Waals surface area (Å²) >= 11 is 0. The zero-order valence-electron chi connectivity index (χ0n) is 16.2. The Morgan fingerprint density at radius 2 is 1.97 bits per heavy atom. The highest BCUT2D eigenvalue weighted by atomic mass is 16.2. The number of nitrogens with zero attached hydrogens (tertiary/aromatic N) is 6. The minimum absolute atomic E-state index is 0.0453. The van der Waals surface area contributed by atoms with Gasteiger partial charge in [0.15, 0.2) is 5.65 Å². The second kappa shape index (κ2) is 8.36. The minimum Gasteiger partial charge on any atom is -0.334 e. The largest absolute Gasteiger partial charge is 0.334 e. The standard InChI is InChI=1S/C20H23N7O2/c1-25(16-5-11-26(12-6-16)14-15-3-8-21-9-4-15)20(29)19(28)24-17-13-23-27-10-2-7-22-18(17)27/h2-4,7-10,13,16H,5-6,11-12,14H2,1H3,(H,24,28). The van der Waals surface area contributed by atoms with Crippen LogP contribution in [0.5, 0.6) is 0 Å². The molecule has 150 valence electrons. The number of hydrogen-bond donors (Lipinski definition) is 1. The van der Waals surface area contributed by atoms with E-state index < -0.39 is 11.8 Å². The molecule has 0 aromatic carbocycles. The predicted molar refractivity (Wildman–Crippen MR) is 107 cm³/mol. The Bertz CT molecular complexity index is 996. The summed E-state index contributed by atoms with van der Waals surface area (Å²) in [7, 11) is 1.69. The third-order valence-corrected chi connectivity index (χ3v) is 5.30. The van der Waals surface area contributed by atoms with Crippen LogP contribution in [-0.4, -0.2) is 67.4 Å². The second-order valence-corrected chi connectivity index (χ2v) is 7.18. The van der Waals surface area contributed by atoms with Gasteiger partial charge in [0.1, 0.15) is 5.69 Å². The second-order valence-electron chi connectivity index (χ2n) is 7.18. The molecule has 1 saturated heterocycles. The molecule has 0 atom stereocenters. The summed E-state index contributed by atoms with van der Waals surface area (Å²) in [6.45, 7) is 2.63. The van der Waals surface area contributed by atoms with Gasteiger partial charge < -0.3 is 10.2 Å². The Balaban J connectivity index is 1.31. The minimum atomic E-state index is -0.674. The first-order valence-corrected chi connectivity index (χ1v) is 9.59. The number of carbonyl (C=O) groups is 2. The quantitative estimate of drug-likeness (QED) is 0.669. The van der Waals surface area contributed by atoms with Crippen molar-refractivity contribution in [2.75, 3.05) is 25.5 Å². The fraction of sp³-hybridized carbons (Fsp3) is 0.350. The van der Waals surface area contributed by atoms with Crippen molar-refractivity contribution in [1.82, 2.24) is 29.4 Å². The number of anilines is 1. The lowest BCUT2D eigenvalue weighted by molar-refractivity contribution is -0.144. The number of pyridine rings is 1. The molecule has 0 unspecified atom stereocenters. The number of rotatable bonds is 4. The predicted octanol–water partition coefficient (Wildman–Crippen LogP) is 1.19. The van der Waals surface area contributed by atoms with Crippen LogP contribution in [0.4, 0.5) is 5.69 Å². The van der Waals surface area contributed by atoms with Crippen molar-refractivity contribution in [3.63, 3.8) is 0 Å². The molecule has 0 aliphatic carbocycles. The molecular formula is C20H23N7O2. The van der Waals surface area contributed by atoms with E-state index in [4.69, 9.17) is 0 Å². The molecule has 0 spiro atoms. The number of aromatic nitrogens is 4. The maximum atomic E-state index is 12.6. The Kier molecular flexibility index (Phi) is 5.48. The first-order valence-electron chi connectivity index (χ1n) is 9.59. The van der Waals surface area contributed by atoms with E-state index in [1.165, 1.54) is 11.8 Å². The van der Waals surface area contributed by atoms with Crippen LogP contribution < -0.4 is 5.32 Å². The topological polar surface area (TPSA) is 95.7 Å². The van der Waals surface area contributed by atoms with Crippen LogP contribution in [0.15, 0.2) is 49.2 Å². The zero-order chi connectivity index (χ0) is 20.2. The van der Waals surface area contributed by atoms with Crippen LogP contribution in [0, 0.1) is 0 Å². The Labute approximate surface area is 168 Å². The SMILES string of the molecule is CN(C(=O)C(=O)Nc1cnn2cccnc12)C1CCN(Cc2ccncc2)CC1. The Morgan fingerprint density at radius 1 is 1.21 bits per heavy atom. The average Bonchev–Trinajstić information content (AvgIpc) is 3.17. The molecule has 0 radical (unpaired) electrons. The number of likely N-dealkylation sites (tertiary alicyclic amines) is 1. The highest BCUT2D eigenvalue weighted by Crippen LogP contribution is 2.18. The molecule has 1 N–H and O–H groups in total. The van der Waals surface area contributed by atoms with Crippen molar-refractivity contribution < 1.29 is 9.59 Å². The zero-order valence-corrected chi connectivity index (χ0v) is 16.2. The van der Waals surface area contributed by atoms with E-state index in [1.54, 1.807) is 47.3 Å². The van der Waals surface area contributed by atoms with E-state index in [-0.39, 0.29) is 6.04 Å². The lowest BCUT2D eigenvalue weighted by Crippen LogP contribution is -2.48. The van der Waals surface area contributed by atoms with Crippen molar-refractivity contribution in [2.45, 2.75) is 25.4 Å². The van der Waals surface area contributed by atoms with E-state index >= 15 is 0 Å². The molecule has 4 rings (SSSR count). The lowest BCUT2D eigenvalue weighted by atomic mass is 10.0. The van der Waals surface area contributed by atoms with Gasteiger partial charge in [-0.25, -0.2) is 9.50 Å². The first-order chi connectivity index (χ1) is 14.1. The van der Waals surface area contributed by atoms with Crippen LogP contribution in [0.3, 0.4) is 0 Å². The van der Waals surface area contributed by atoms with Gasteiger partial charge in [-0.3, -0.25) is 19.5 Å². The molecule has 1 aliphatic heterocycles. The van der Waals surface area contributed by atoms with Gasteiger partial charge in [0.2, 0.25) is 0 Å². The smallest absolute Gasteiger partial charge is 0.314 e. The number of carbonyl (C=O) groups excluding carboxylic acids is 2. The summed E-state index contributed by atoms with van der Waals surface area (Å²) in [6.07, 6.45) is 10.1. The molecule has 2 amide bonds. The Morgan fingerprint density at radius 3 is 2.72 bits per heavy atom. The van der Waals surface area contributed by atoms with E-state index in [0.29, 0.717) is 11.3 Å². The summed E-state index contributed by atoms with van der Waals surface area (Å²) in [5.41, 5.74) is 2.15. The third kappa shape index (κ3) is 4.24. The molecule has 3 aromatic rings. The average molecular weight is 393 g/mol. The fourth-order valence-electron chi connectivity index (χ4n) is 3.63. The van der Waals surface area contributed by atoms with E-state index in [2.05, 4.69) is 25.3 Å². The first kappa shape index (κ1) is 19.0. The monoisotopic (exact) mass is 393 g/mol. The van der Waals surface area contributed by atoms with Crippen molar-refractivity contribution in [3.8, 4) is 0 Å². The van der Waals surface area contributed by atoms with Gasteiger partial charge in [-0.15, -0.1) is 0 Å². The Hall–Kier alpha value is -3.33. The summed E-state index contributed by atoms with van der Waals surface area (Å²) < 4.78 is 1.54. The number of piperidine rings is 1. The normalized spacial score (nSPS) is 15.3. The van der Waals surface area contributed by atoms with Crippen molar-refractivity contribution >= 4 is 23.1 Å². The van der Waals surface area contributed by atoms with Gasteiger partial charge in [0.05, 0.1) is 6.20 Å². The lowest BCUT2D eigenvalue weighted by Gasteiger charge is -2.36. The van der Waals surface area contributed by atoms with Crippen molar-refractivity contribution in [1.29, 1.82) is 0 Å². The molecule has 29 heavy (non-hydrogen) atoms. The molecule has 0 saturated carbocycles. The molecular weight excluding hydrogens is 370 g/mol. The van der Waals surface area contributed by atoms with E-state index in [9.17, 15) is 9.59 Å². The van der Waals surface area contributed by atoms with Crippen molar-refractivity contribution in [3.05, 3.63) is 54.7 Å². The number of hydrogen-bond acceptors (Lipinski definition) is 6. The van der Waals surface area contributed by atoms with Crippen LogP contribution in [0.1, 0.15) is 18.4 Å². The molecule has 3 aromatic heterocycles. The number of likely N-dealkylation sites (N-methyl/N-ethyl adjacent to an activating group) is 1. The van der Waals surface area contributed by atoms with Crippen LogP contribution in [0.2, 0.25) is 0 Å². The number of nitrogens with one attached hydrogen (secondary N) is 1. The van der Waals surface area contributed by atoms with E-state index in [0.717, 1.165) is 32.5 Å². The molecule has 0 bridgehead atoms. The van der Waals surface area contributed by atoms with Crippen molar-refractivity contribution in [2.24, 2.45) is 0 Å². The van der Waals surface area contributed by atoms with Crippen LogP contribution in [-0.2, 0) is 16.1 Å². The molecule has 1 aliphatic rings. The van der Waals surface area contributed by atoms with Gasteiger partial charge in [-0.1, -0.05) is 0 Å². The molecule has 9 heteroatoms. The molecule has 1 fully saturated rings. The number of fused-ring (bicyclic) bond motifs is 1. The van der Waals surface area contributed by atoms with Gasteiger partial charge in [-0.05, 0) is 36.6 Å². The number of amides is 2. The highest BCUT2D eigenvalue weighted by molar-refractivity contribution is 6.39. The van der Waals surface area contributed by atoms with Gasteiger partial charge in [-0.2, -0.15) is 5.10 Å². The molecule has 9 nitrogen and oxygen atoms in total. The summed E-state index contributed by atoms with van der Waals surface area (Å²) in [6, 6.07) is 5.82. The summed E-state index contributed by atoms with van der Waals surface area (Å²) in [4.78, 5) is 37.2. The third-order valence-electron chi connectivity index (χ3n) is 5.30. The van der Waals surface area contributed by atoms with E-state index in [1.807, 2.05) is 12.1 Å². The van der Waals surface area contributed by atoms with Crippen LogP contribution >= 0.6 is 0 Å². The van der Waals surface area contributed by atoms with Gasteiger partial charge in [0, 0.05) is 57.5 Å². The fourth-order valence-corrected chi connectivity index (χ4v) is 3.63. The molecule has 4 heterocycles. The van der Waals surface area contributed by atoms with Gasteiger partial charge in [0.25, 0.3) is 0 Å². The maximum Gasteiger partial charge on any atom is 0.314 e. The van der Waals surface area contributed by atoms with Crippen LogP contribution in [0.25, 0.3) is 5.65 Å². The summed E-state index contributed by atoms with van der Waals surface area (Å²) in [5.74, 6) is -1.22. The maximum absolute atomic E-state index is 12.6.